The lowest BCUT2D eigenvalue weighted by Gasteiger charge is -2.34. The molecule has 2 heterocycles. The van der Waals surface area contributed by atoms with Gasteiger partial charge in [0, 0.05) is 26.2 Å². The van der Waals surface area contributed by atoms with Gasteiger partial charge in [-0.2, -0.15) is 0 Å². The Balaban J connectivity index is 1.43. The minimum atomic E-state index is -3.66. The van der Waals surface area contributed by atoms with Gasteiger partial charge in [0.15, 0.2) is 26.5 Å². The molecule has 0 saturated carbocycles. The van der Waals surface area contributed by atoms with E-state index in [9.17, 15) is 13.2 Å². The van der Waals surface area contributed by atoms with Crippen molar-refractivity contribution in [3.05, 3.63) is 42.0 Å². The Hall–Kier alpha value is -2.85. The molecule has 1 aromatic heterocycles. The van der Waals surface area contributed by atoms with Gasteiger partial charge < -0.3 is 19.3 Å². The molecule has 170 valence electrons. The molecule has 1 amide bonds. The first-order valence-corrected chi connectivity index (χ1v) is 12.6. The van der Waals surface area contributed by atoms with E-state index in [1.54, 1.807) is 54.7 Å². The first kappa shape index (κ1) is 22.3. The number of rotatable bonds is 6. The molecule has 0 atom stereocenters. The Kier molecular flexibility index (Phi) is 6.25. The van der Waals surface area contributed by atoms with E-state index in [1.807, 2.05) is 19.1 Å². The number of piperazine rings is 1. The van der Waals surface area contributed by atoms with Crippen LogP contribution in [0.5, 0.6) is 11.5 Å². The first-order chi connectivity index (χ1) is 15.3. The van der Waals surface area contributed by atoms with Crippen LogP contribution in [0.4, 0.5) is 5.13 Å². The number of carbonyl (C=O) groups excluding carboxylic acids is 1. The highest BCUT2D eigenvalue weighted by atomic mass is 32.2. The molecule has 0 unspecified atom stereocenters. The Bertz CT molecular complexity index is 1230. The number of anilines is 1. The molecule has 8 nitrogen and oxygen atoms in total. The lowest BCUT2D eigenvalue weighted by molar-refractivity contribution is -0.128. The SMILES string of the molecule is COc1ccc2sc(N3CCN(C(=O)CS(=O)(=O)c4ccc(C)cc4)CC3)nc2c1OC. The highest BCUT2D eigenvalue weighted by molar-refractivity contribution is 7.92. The molecule has 0 radical (unpaired) electrons. The van der Waals surface area contributed by atoms with Crippen LogP contribution < -0.4 is 14.4 Å². The van der Waals surface area contributed by atoms with E-state index in [2.05, 4.69) is 4.90 Å². The summed E-state index contributed by atoms with van der Waals surface area (Å²) in [6.45, 7) is 3.93. The highest BCUT2D eigenvalue weighted by Crippen LogP contribution is 2.40. The smallest absolute Gasteiger partial charge is 0.238 e. The second-order valence-electron chi connectivity index (χ2n) is 7.58. The van der Waals surface area contributed by atoms with Gasteiger partial charge >= 0.3 is 0 Å². The Morgan fingerprint density at radius 3 is 2.34 bits per heavy atom. The summed E-state index contributed by atoms with van der Waals surface area (Å²) in [5.74, 6) is 0.333. The van der Waals surface area contributed by atoms with Crippen LogP contribution in [0.1, 0.15) is 5.56 Å². The zero-order valence-corrected chi connectivity index (χ0v) is 19.8. The predicted octanol–water partition coefficient (Wildman–Crippen LogP) is 2.74. The molecule has 0 spiro atoms. The van der Waals surface area contributed by atoms with Crippen LogP contribution in [0.3, 0.4) is 0 Å². The van der Waals surface area contributed by atoms with Crippen LogP contribution in [0.15, 0.2) is 41.3 Å². The van der Waals surface area contributed by atoms with Gasteiger partial charge in [-0.05, 0) is 31.2 Å². The third kappa shape index (κ3) is 4.37. The van der Waals surface area contributed by atoms with Crippen molar-refractivity contribution in [2.24, 2.45) is 0 Å². The number of benzene rings is 2. The maximum absolute atomic E-state index is 12.7. The third-order valence-corrected chi connectivity index (χ3v) is 8.19. The summed E-state index contributed by atoms with van der Waals surface area (Å²) in [7, 11) is -0.486. The van der Waals surface area contributed by atoms with Crippen LogP contribution in [0.2, 0.25) is 0 Å². The number of amides is 1. The van der Waals surface area contributed by atoms with Gasteiger partial charge in [-0.3, -0.25) is 4.79 Å². The fourth-order valence-corrected chi connectivity index (χ4v) is 5.90. The lowest BCUT2D eigenvalue weighted by atomic mass is 10.2. The summed E-state index contributed by atoms with van der Waals surface area (Å²) in [4.78, 5) is 21.3. The van der Waals surface area contributed by atoms with Crippen molar-refractivity contribution in [3.8, 4) is 11.5 Å². The Morgan fingerprint density at radius 2 is 1.72 bits per heavy atom. The maximum Gasteiger partial charge on any atom is 0.238 e. The molecule has 0 N–H and O–H groups in total. The average molecular weight is 476 g/mol. The number of ether oxygens (including phenoxy) is 2. The number of fused-ring (bicyclic) bond motifs is 1. The summed E-state index contributed by atoms with van der Waals surface area (Å²) in [6.07, 6.45) is 0. The maximum atomic E-state index is 12.7. The molecular weight excluding hydrogens is 450 g/mol. The van der Waals surface area contributed by atoms with E-state index in [-0.39, 0.29) is 10.8 Å². The van der Waals surface area contributed by atoms with Gasteiger partial charge in [-0.1, -0.05) is 29.0 Å². The zero-order valence-electron chi connectivity index (χ0n) is 18.2. The molecule has 1 fully saturated rings. The average Bonchev–Trinajstić information content (AvgIpc) is 3.23. The molecular formula is C22H25N3O5S2. The van der Waals surface area contributed by atoms with Crippen LogP contribution in [-0.4, -0.2) is 70.4 Å². The van der Waals surface area contributed by atoms with Crippen molar-refractivity contribution in [1.82, 2.24) is 9.88 Å². The molecule has 0 aliphatic carbocycles. The van der Waals surface area contributed by atoms with Gasteiger partial charge in [0.25, 0.3) is 0 Å². The molecule has 0 bridgehead atoms. The largest absolute Gasteiger partial charge is 0.493 e. The highest BCUT2D eigenvalue weighted by Gasteiger charge is 2.28. The zero-order chi connectivity index (χ0) is 22.9. The van der Waals surface area contributed by atoms with E-state index in [0.29, 0.717) is 37.7 Å². The molecule has 4 rings (SSSR count). The molecule has 1 aliphatic rings. The van der Waals surface area contributed by atoms with Gasteiger partial charge in [-0.15, -0.1) is 0 Å². The van der Waals surface area contributed by atoms with E-state index in [4.69, 9.17) is 14.5 Å². The van der Waals surface area contributed by atoms with Crippen molar-refractivity contribution in [2.45, 2.75) is 11.8 Å². The molecule has 1 aliphatic heterocycles. The predicted molar refractivity (Wildman–Crippen MR) is 125 cm³/mol. The van der Waals surface area contributed by atoms with Crippen molar-refractivity contribution in [3.63, 3.8) is 0 Å². The van der Waals surface area contributed by atoms with Gasteiger partial charge in [0.05, 0.1) is 23.8 Å². The molecule has 1 saturated heterocycles. The number of carbonyl (C=O) groups is 1. The molecule has 2 aromatic carbocycles. The molecule has 10 heteroatoms. The fraction of sp³-hybridized carbons (Fsp3) is 0.364. The summed E-state index contributed by atoms with van der Waals surface area (Å²) < 4.78 is 37.0. The van der Waals surface area contributed by atoms with Crippen molar-refractivity contribution >= 4 is 42.4 Å². The topological polar surface area (TPSA) is 89.0 Å². The van der Waals surface area contributed by atoms with Crippen LogP contribution in [-0.2, 0) is 14.6 Å². The number of nitrogens with zero attached hydrogens (tertiary/aromatic N) is 3. The second-order valence-corrected chi connectivity index (χ2v) is 10.6. The number of hydrogen-bond acceptors (Lipinski definition) is 8. The van der Waals surface area contributed by atoms with E-state index >= 15 is 0 Å². The quantitative estimate of drug-likeness (QED) is 0.542. The van der Waals surface area contributed by atoms with Gasteiger partial charge in [0.2, 0.25) is 5.91 Å². The normalized spacial score (nSPS) is 14.6. The summed E-state index contributed by atoms with van der Waals surface area (Å²) in [5, 5.41) is 0.839. The summed E-state index contributed by atoms with van der Waals surface area (Å²) in [5.41, 5.74) is 1.71. The number of aromatic nitrogens is 1. The van der Waals surface area contributed by atoms with Crippen LogP contribution >= 0.6 is 11.3 Å². The second kappa shape index (κ2) is 8.95. The van der Waals surface area contributed by atoms with E-state index in [1.165, 1.54) is 0 Å². The standard InChI is InChI=1S/C22H25N3O5S2/c1-15-4-6-16(7-5-15)32(27,28)14-19(26)24-10-12-25(13-11-24)22-23-20-18(31-22)9-8-17(29-2)21(20)30-3/h4-9H,10-14H2,1-3H3. The number of methoxy groups -OCH3 is 2. The van der Waals surface area contributed by atoms with E-state index in [0.717, 1.165) is 20.9 Å². The summed E-state index contributed by atoms with van der Waals surface area (Å²) in [6, 6.07) is 10.4. The Morgan fingerprint density at radius 1 is 1.03 bits per heavy atom. The monoisotopic (exact) mass is 475 g/mol. The lowest BCUT2D eigenvalue weighted by Crippen LogP contribution is -2.50. The minimum absolute atomic E-state index is 0.175. The van der Waals surface area contributed by atoms with Crippen LogP contribution in [0.25, 0.3) is 10.2 Å². The Labute approximate surface area is 191 Å². The minimum Gasteiger partial charge on any atom is -0.493 e. The fourth-order valence-electron chi connectivity index (χ4n) is 3.66. The van der Waals surface area contributed by atoms with Gasteiger partial charge in [0.1, 0.15) is 11.3 Å². The number of aryl methyl sites for hydroxylation is 1. The van der Waals surface area contributed by atoms with E-state index < -0.39 is 15.6 Å². The molecule has 32 heavy (non-hydrogen) atoms. The van der Waals surface area contributed by atoms with Crippen molar-refractivity contribution < 1.29 is 22.7 Å². The molecule has 3 aromatic rings. The third-order valence-electron chi connectivity index (χ3n) is 5.49. The number of sulfone groups is 1. The van der Waals surface area contributed by atoms with Crippen molar-refractivity contribution in [1.29, 1.82) is 0 Å². The summed E-state index contributed by atoms with van der Waals surface area (Å²) >= 11 is 1.55. The van der Waals surface area contributed by atoms with Crippen molar-refractivity contribution in [2.75, 3.05) is 51.1 Å². The van der Waals surface area contributed by atoms with Crippen LogP contribution in [0, 0.1) is 6.92 Å². The first-order valence-electron chi connectivity index (χ1n) is 10.2. The number of hydrogen-bond donors (Lipinski definition) is 0. The number of thiazole rings is 1. The van der Waals surface area contributed by atoms with Gasteiger partial charge in [-0.25, -0.2) is 13.4 Å².